The van der Waals surface area contributed by atoms with Gasteiger partial charge in [-0.15, -0.1) is 5.11 Å². The Balaban J connectivity index is 3.78. The Morgan fingerprint density at radius 2 is 1.82 bits per heavy atom. The van der Waals surface area contributed by atoms with Crippen LogP contribution in [0.15, 0.2) is 26.2 Å². The summed E-state index contributed by atoms with van der Waals surface area (Å²) in [7, 11) is 5.66. The fourth-order valence-corrected chi connectivity index (χ4v) is 1.42. The van der Waals surface area contributed by atoms with E-state index < -0.39 is 0 Å². The Labute approximate surface area is 137 Å². The number of azo groups is 1. The monoisotopic (exact) mass is 334 g/mol. The zero-order chi connectivity index (χ0) is 16.8. The molecule has 128 valence electrons. The van der Waals surface area contributed by atoms with Crippen LogP contribution in [0, 0.1) is 0 Å². The van der Waals surface area contributed by atoms with Crippen molar-refractivity contribution in [2.75, 3.05) is 67.3 Å². The predicted octanol–water partition coefficient (Wildman–Crippen LogP) is 0.947. The molecule has 22 heavy (non-hydrogen) atoms. The smallest absolute Gasteiger partial charge is 0.193 e. The molecular weight excluding hydrogens is 308 g/mol. The molecule has 0 spiro atoms. The molecule has 9 heteroatoms. The van der Waals surface area contributed by atoms with Gasteiger partial charge in [0.25, 0.3) is 0 Å². The lowest BCUT2D eigenvalue weighted by molar-refractivity contribution is 0.0597. The van der Waals surface area contributed by atoms with Gasteiger partial charge < -0.3 is 20.1 Å². The van der Waals surface area contributed by atoms with Gasteiger partial charge in [-0.1, -0.05) is 11.6 Å². The van der Waals surface area contributed by atoms with Gasteiger partial charge in [0.1, 0.15) is 6.67 Å². The van der Waals surface area contributed by atoms with Crippen molar-refractivity contribution < 1.29 is 9.47 Å². The summed E-state index contributed by atoms with van der Waals surface area (Å²) in [5.41, 5.74) is 5.43. The first-order chi connectivity index (χ1) is 10.5. The molecule has 0 aliphatic rings. The highest BCUT2D eigenvalue weighted by atomic mass is 35.5. The zero-order valence-corrected chi connectivity index (χ0v) is 14.4. The standard InChI is InChI=1S/C13H27ClN6O2/c1-16-13(15)12(14)18-17-11-20(3)6-5-19(2)7-8-22-10-9-21-4/h1,5-11,15H2,2-4H3/b13-12-,18-17-. The first-order valence-electron chi connectivity index (χ1n) is 6.94. The molecule has 0 rings (SSSR count). The summed E-state index contributed by atoms with van der Waals surface area (Å²) in [5, 5.41) is 7.76. The third kappa shape index (κ3) is 11.6. The van der Waals surface area contributed by atoms with Crippen molar-refractivity contribution in [3.05, 3.63) is 11.0 Å². The van der Waals surface area contributed by atoms with E-state index in [1.54, 1.807) is 7.11 Å². The molecule has 0 heterocycles. The second kappa shape index (κ2) is 13.6. The van der Waals surface area contributed by atoms with Crippen molar-refractivity contribution in [3.8, 4) is 0 Å². The predicted molar refractivity (Wildman–Crippen MR) is 89.2 cm³/mol. The molecule has 0 aromatic heterocycles. The number of nitrogens with zero attached hydrogens (tertiary/aromatic N) is 5. The molecule has 0 saturated carbocycles. The molecule has 8 nitrogen and oxygen atoms in total. The van der Waals surface area contributed by atoms with Gasteiger partial charge in [-0.3, -0.25) is 4.90 Å². The van der Waals surface area contributed by atoms with Crippen LogP contribution >= 0.6 is 11.6 Å². The Morgan fingerprint density at radius 1 is 1.14 bits per heavy atom. The quantitative estimate of drug-likeness (QED) is 0.234. The molecule has 0 bridgehead atoms. The molecule has 0 aromatic carbocycles. The van der Waals surface area contributed by atoms with E-state index in [0.29, 0.717) is 26.5 Å². The van der Waals surface area contributed by atoms with E-state index in [2.05, 4.69) is 26.8 Å². The molecule has 0 aliphatic heterocycles. The number of rotatable bonds is 13. The lowest BCUT2D eigenvalue weighted by atomic mass is 10.5. The van der Waals surface area contributed by atoms with Gasteiger partial charge in [0.2, 0.25) is 0 Å². The van der Waals surface area contributed by atoms with E-state index in [4.69, 9.17) is 26.8 Å². The minimum absolute atomic E-state index is 0.0497. The topological polar surface area (TPSA) is 88.0 Å². The number of ether oxygens (including phenoxy) is 2. The Morgan fingerprint density at radius 3 is 2.45 bits per heavy atom. The molecule has 0 radical (unpaired) electrons. The van der Waals surface area contributed by atoms with Crippen LogP contribution in [0.1, 0.15) is 0 Å². The Bertz CT molecular complexity index is 364. The molecule has 2 N–H and O–H groups in total. The van der Waals surface area contributed by atoms with E-state index in [-0.39, 0.29) is 11.0 Å². The van der Waals surface area contributed by atoms with E-state index >= 15 is 0 Å². The normalized spacial score (nSPS) is 13.2. The number of hydrogen-bond donors (Lipinski definition) is 1. The molecule has 0 unspecified atom stereocenters. The lowest BCUT2D eigenvalue weighted by Crippen LogP contribution is -2.33. The average Bonchev–Trinajstić information content (AvgIpc) is 2.51. The highest BCUT2D eigenvalue weighted by molar-refractivity contribution is 6.29. The Kier molecular flexibility index (Phi) is 12.9. The summed E-state index contributed by atoms with van der Waals surface area (Å²) in [6, 6.07) is 0. The molecule has 0 aromatic rings. The fourth-order valence-electron chi connectivity index (χ4n) is 1.31. The van der Waals surface area contributed by atoms with Crippen LogP contribution in [-0.2, 0) is 9.47 Å². The number of halogens is 1. The van der Waals surface area contributed by atoms with Gasteiger partial charge in [0.15, 0.2) is 11.0 Å². The maximum Gasteiger partial charge on any atom is 0.193 e. The highest BCUT2D eigenvalue weighted by Gasteiger charge is 2.02. The van der Waals surface area contributed by atoms with Gasteiger partial charge in [-0.25, -0.2) is 4.99 Å². The minimum Gasteiger partial charge on any atom is -0.382 e. The summed E-state index contributed by atoms with van der Waals surface area (Å²) < 4.78 is 10.3. The van der Waals surface area contributed by atoms with Gasteiger partial charge in [0, 0.05) is 26.7 Å². The lowest BCUT2D eigenvalue weighted by Gasteiger charge is -2.20. The number of hydrogen-bond acceptors (Lipinski definition) is 8. The largest absolute Gasteiger partial charge is 0.382 e. The first-order valence-corrected chi connectivity index (χ1v) is 7.32. The van der Waals surface area contributed by atoms with Crippen LogP contribution in [0.4, 0.5) is 0 Å². The molecule has 0 atom stereocenters. The van der Waals surface area contributed by atoms with Gasteiger partial charge >= 0.3 is 0 Å². The van der Waals surface area contributed by atoms with Crippen molar-refractivity contribution >= 4 is 18.3 Å². The maximum absolute atomic E-state index is 5.75. The third-order valence-corrected chi connectivity index (χ3v) is 3.03. The van der Waals surface area contributed by atoms with E-state index in [1.165, 1.54) is 0 Å². The SMILES string of the molecule is C=N/C(N)=C(Cl)\N=N/CN(C)CCN(C)CCOCCOC. The van der Waals surface area contributed by atoms with E-state index in [0.717, 1.165) is 19.6 Å². The molecule has 0 saturated heterocycles. The number of likely N-dealkylation sites (N-methyl/N-ethyl adjacent to an activating group) is 2. The maximum atomic E-state index is 5.75. The third-order valence-electron chi connectivity index (χ3n) is 2.76. The molecule has 0 fully saturated rings. The summed E-state index contributed by atoms with van der Waals surface area (Å²) in [6.45, 7) is 8.26. The van der Waals surface area contributed by atoms with Crippen LogP contribution in [0.2, 0.25) is 0 Å². The zero-order valence-electron chi connectivity index (χ0n) is 13.7. The highest BCUT2D eigenvalue weighted by Crippen LogP contribution is 2.07. The van der Waals surface area contributed by atoms with Crippen molar-refractivity contribution in [2.45, 2.75) is 0 Å². The van der Waals surface area contributed by atoms with Crippen LogP contribution in [0.25, 0.3) is 0 Å². The summed E-state index contributed by atoms with van der Waals surface area (Å²) in [4.78, 5) is 7.68. The molecule has 0 aliphatic carbocycles. The van der Waals surface area contributed by atoms with Crippen molar-refractivity contribution in [2.24, 2.45) is 21.0 Å². The van der Waals surface area contributed by atoms with Gasteiger partial charge in [0.05, 0.1) is 19.8 Å². The summed E-state index contributed by atoms with van der Waals surface area (Å²) >= 11 is 5.75. The minimum atomic E-state index is 0.0497. The number of nitrogens with two attached hydrogens (primary N) is 1. The average molecular weight is 335 g/mol. The van der Waals surface area contributed by atoms with Crippen molar-refractivity contribution in [3.63, 3.8) is 0 Å². The second-order valence-corrected chi connectivity index (χ2v) is 5.06. The van der Waals surface area contributed by atoms with Crippen molar-refractivity contribution in [1.82, 2.24) is 9.80 Å². The fraction of sp³-hybridized carbons (Fsp3) is 0.769. The number of aliphatic imine (C=N–C) groups is 1. The molecular formula is C13H27ClN6O2. The second-order valence-electron chi connectivity index (χ2n) is 4.71. The van der Waals surface area contributed by atoms with Gasteiger partial charge in [-0.2, -0.15) is 5.11 Å². The van der Waals surface area contributed by atoms with E-state index in [1.807, 2.05) is 19.0 Å². The van der Waals surface area contributed by atoms with Crippen LogP contribution in [0.3, 0.4) is 0 Å². The van der Waals surface area contributed by atoms with Gasteiger partial charge in [-0.05, 0) is 20.8 Å². The Hall–Kier alpha value is -1.06. The first kappa shape index (κ1) is 20.9. The van der Waals surface area contributed by atoms with Crippen LogP contribution < -0.4 is 5.73 Å². The summed E-state index contributed by atoms with van der Waals surface area (Å²) in [6.07, 6.45) is 0. The summed E-state index contributed by atoms with van der Waals surface area (Å²) in [5.74, 6) is 0.0706. The number of methoxy groups -OCH3 is 1. The van der Waals surface area contributed by atoms with Crippen LogP contribution in [-0.4, -0.2) is 83.8 Å². The van der Waals surface area contributed by atoms with Crippen molar-refractivity contribution in [1.29, 1.82) is 0 Å². The molecule has 0 amide bonds. The van der Waals surface area contributed by atoms with Crippen LogP contribution in [0.5, 0.6) is 0 Å². The van der Waals surface area contributed by atoms with E-state index in [9.17, 15) is 0 Å².